The number of carbonyl (C=O) groups is 1. The quantitative estimate of drug-likeness (QED) is 0.599. The Labute approximate surface area is 179 Å². The number of benzene rings is 1. The van der Waals surface area contributed by atoms with Crippen molar-refractivity contribution < 1.29 is 4.79 Å². The number of halogens is 1. The summed E-state index contributed by atoms with van der Waals surface area (Å²) in [6.07, 6.45) is 7.99. The van der Waals surface area contributed by atoms with E-state index < -0.39 is 0 Å². The molecule has 0 aliphatic heterocycles. The maximum Gasteiger partial charge on any atom is 0.226 e. The number of amides is 1. The van der Waals surface area contributed by atoms with Crippen LogP contribution in [0.4, 0.5) is 0 Å². The highest BCUT2D eigenvalue weighted by molar-refractivity contribution is 9.10. The van der Waals surface area contributed by atoms with E-state index >= 15 is 0 Å². The normalized spacial score (nSPS) is 33.2. The molecule has 1 amide bonds. The summed E-state index contributed by atoms with van der Waals surface area (Å²) in [6.45, 7) is 2.76. The minimum atomic E-state index is -0.111. The second-order valence-corrected chi connectivity index (χ2v) is 12.1. The smallest absolute Gasteiger partial charge is 0.226 e. The van der Waals surface area contributed by atoms with E-state index in [1.54, 1.807) is 11.3 Å². The topological polar surface area (TPSA) is 42.0 Å². The molecule has 1 aromatic carbocycles. The van der Waals surface area contributed by atoms with Crippen LogP contribution in [0.5, 0.6) is 0 Å². The van der Waals surface area contributed by atoms with Gasteiger partial charge in [0, 0.05) is 21.8 Å². The van der Waals surface area contributed by atoms with E-state index in [2.05, 4.69) is 55.9 Å². The lowest BCUT2D eigenvalue weighted by Gasteiger charge is -2.59. The third-order valence-electron chi connectivity index (χ3n) is 7.04. The molecule has 0 radical (unpaired) electrons. The van der Waals surface area contributed by atoms with E-state index in [1.807, 2.05) is 6.92 Å². The lowest BCUT2D eigenvalue weighted by atomic mass is 9.49. The van der Waals surface area contributed by atoms with Crippen LogP contribution in [0.2, 0.25) is 0 Å². The molecule has 0 saturated heterocycles. The number of hydrogen-bond donors (Lipinski definition) is 1. The van der Waals surface area contributed by atoms with Gasteiger partial charge in [0.15, 0.2) is 0 Å². The fraction of sp³-hybridized carbons (Fsp3) is 0.565. The molecule has 1 N–H and O–H groups in total. The highest BCUT2D eigenvalue weighted by Gasteiger charge is 2.59. The van der Waals surface area contributed by atoms with Crippen molar-refractivity contribution >= 4 is 33.2 Å². The number of hydrogen-bond acceptors (Lipinski definition) is 3. The first-order chi connectivity index (χ1) is 13.4. The standard InChI is InChI=1S/C23H27BrN2OS/c1-15-26-20(13-28-15)19-4-2-16(3-5-19)6-7-25-21(27)22-9-17-8-18(10-22)12-23(24,11-17)14-22/h2-5,13,17-18H,6-12,14H2,1H3,(H,25,27). The first-order valence-electron chi connectivity index (χ1n) is 10.4. The van der Waals surface area contributed by atoms with Gasteiger partial charge in [-0.15, -0.1) is 11.3 Å². The van der Waals surface area contributed by atoms with Crippen LogP contribution in [0.25, 0.3) is 11.3 Å². The van der Waals surface area contributed by atoms with Crippen LogP contribution >= 0.6 is 27.3 Å². The summed E-state index contributed by atoms with van der Waals surface area (Å²) in [5, 5.41) is 6.48. The Bertz CT molecular complexity index is 876. The third kappa shape index (κ3) is 3.45. The lowest BCUT2D eigenvalue weighted by Crippen LogP contribution is -2.58. The van der Waals surface area contributed by atoms with Crippen molar-refractivity contribution in [3.63, 3.8) is 0 Å². The van der Waals surface area contributed by atoms with Crippen molar-refractivity contribution in [3.8, 4) is 11.3 Å². The van der Waals surface area contributed by atoms with Crippen molar-refractivity contribution in [1.29, 1.82) is 0 Å². The Kier molecular flexibility index (Phi) is 4.66. The number of rotatable bonds is 5. The highest BCUT2D eigenvalue weighted by atomic mass is 79.9. The predicted octanol–water partition coefficient (Wildman–Crippen LogP) is 5.51. The van der Waals surface area contributed by atoms with Crippen LogP contribution in [-0.2, 0) is 11.2 Å². The number of aryl methyl sites for hydroxylation is 1. The molecule has 2 aromatic rings. The largest absolute Gasteiger partial charge is 0.355 e. The molecule has 1 heterocycles. The average molecular weight is 459 g/mol. The molecule has 3 nitrogen and oxygen atoms in total. The number of aromatic nitrogens is 1. The minimum Gasteiger partial charge on any atom is -0.355 e. The summed E-state index contributed by atoms with van der Waals surface area (Å²) >= 11 is 5.69. The summed E-state index contributed by atoms with van der Waals surface area (Å²) in [7, 11) is 0. The van der Waals surface area contributed by atoms with Crippen molar-refractivity contribution in [2.45, 2.75) is 56.2 Å². The van der Waals surface area contributed by atoms with Crippen molar-refractivity contribution in [3.05, 3.63) is 40.2 Å². The van der Waals surface area contributed by atoms with Crippen LogP contribution in [-0.4, -0.2) is 21.8 Å². The number of nitrogens with one attached hydrogen (secondary N) is 1. The molecule has 1 aromatic heterocycles. The summed E-state index contributed by atoms with van der Waals surface area (Å²) in [6, 6.07) is 8.60. The zero-order valence-electron chi connectivity index (χ0n) is 16.3. The Morgan fingerprint density at radius 2 is 1.93 bits per heavy atom. The van der Waals surface area contributed by atoms with Gasteiger partial charge in [0.05, 0.1) is 16.1 Å². The molecule has 28 heavy (non-hydrogen) atoms. The lowest BCUT2D eigenvalue weighted by molar-refractivity contribution is -0.143. The van der Waals surface area contributed by atoms with Crippen LogP contribution in [0.15, 0.2) is 29.6 Å². The molecule has 4 fully saturated rings. The average Bonchev–Trinajstić information content (AvgIpc) is 3.06. The molecule has 4 bridgehead atoms. The molecular formula is C23H27BrN2OS. The molecule has 4 aliphatic rings. The van der Waals surface area contributed by atoms with E-state index in [-0.39, 0.29) is 9.74 Å². The zero-order chi connectivity index (χ0) is 19.4. The fourth-order valence-corrected chi connectivity index (χ4v) is 8.34. The van der Waals surface area contributed by atoms with Gasteiger partial charge in [-0.3, -0.25) is 4.79 Å². The van der Waals surface area contributed by atoms with Crippen LogP contribution in [0.3, 0.4) is 0 Å². The summed E-state index contributed by atoms with van der Waals surface area (Å²) in [5.74, 6) is 1.79. The Balaban J connectivity index is 1.19. The molecule has 4 aliphatic carbocycles. The van der Waals surface area contributed by atoms with Gasteiger partial charge >= 0.3 is 0 Å². The van der Waals surface area contributed by atoms with E-state index in [4.69, 9.17) is 0 Å². The van der Waals surface area contributed by atoms with Crippen LogP contribution < -0.4 is 5.32 Å². The SMILES string of the molecule is Cc1nc(-c2ccc(CCNC(=O)C34CC5CC(CC(Br)(C5)C3)C4)cc2)cs1. The van der Waals surface area contributed by atoms with Gasteiger partial charge in [-0.2, -0.15) is 0 Å². The molecule has 2 unspecified atom stereocenters. The second kappa shape index (κ2) is 6.94. The summed E-state index contributed by atoms with van der Waals surface area (Å²) in [4.78, 5) is 17.7. The van der Waals surface area contributed by atoms with Gasteiger partial charge in [0.2, 0.25) is 5.91 Å². The molecule has 5 heteroatoms. The van der Waals surface area contributed by atoms with Gasteiger partial charge < -0.3 is 5.32 Å². The number of thiazole rings is 1. The maximum atomic E-state index is 13.1. The van der Waals surface area contributed by atoms with E-state index in [1.165, 1.54) is 24.8 Å². The van der Waals surface area contributed by atoms with Crippen molar-refractivity contribution in [2.24, 2.45) is 17.3 Å². The molecule has 148 valence electrons. The van der Waals surface area contributed by atoms with Crippen molar-refractivity contribution in [1.82, 2.24) is 10.3 Å². The number of alkyl halides is 1. The number of nitrogens with zero attached hydrogens (tertiary/aromatic N) is 1. The Morgan fingerprint density at radius 3 is 2.54 bits per heavy atom. The molecule has 6 rings (SSSR count). The molecule has 4 saturated carbocycles. The van der Waals surface area contributed by atoms with Gasteiger partial charge in [0.1, 0.15) is 0 Å². The Morgan fingerprint density at radius 1 is 1.21 bits per heavy atom. The fourth-order valence-electron chi connectivity index (χ4n) is 6.26. The predicted molar refractivity (Wildman–Crippen MR) is 118 cm³/mol. The molecule has 0 spiro atoms. The maximum absolute atomic E-state index is 13.1. The summed E-state index contributed by atoms with van der Waals surface area (Å²) in [5.41, 5.74) is 3.36. The minimum absolute atomic E-state index is 0.111. The van der Waals surface area contributed by atoms with Gasteiger partial charge in [0.25, 0.3) is 0 Å². The van der Waals surface area contributed by atoms with Gasteiger partial charge in [-0.05, 0) is 69.3 Å². The monoisotopic (exact) mass is 458 g/mol. The second-order valence-electron chi connectivity index (χ2n) is 9.35. The first-order valence-corrected chi connectivity index (χ1v) is 12.1. The van der Waals surface area contributed by atoms with E-state index in [9.17, 15) is 4.79 Å². The van der Waals surface area contributed by atoms with Crippen molar-refractivity contribution in [2.75, 3.05) is 6.54 Å². The molecule has 2 atom stereocenters. The zero-order valence-corrected chi connectivity index (χ0v) is 18.7. The highest BCUT2D eigenvalue weighted by Crippen LogP contribution is 2.64. The van der Waals surface area contributed by atoms with E-state index in [0.717, 1.165) is 60.3 Å². The van der Waals surface area contributed by atoms with Crippen LogP contribution in [0.1, 0.15) is 49.1 Å². The Hall–Kier alpha value is -1.20. The van der Waals surface area contributed by atoms with Gasteiger partial charge in [-0.25, -0.2) is 4.98 Å². The molecular weight excluding hydrogens is 432 g/mol. The number of carbonyl (C=O) groups excluding carboxylic acids is 1. The first kappa shape index (κ1) is 18.8. The van der Waals surface area contributed by atoms with Crippen LogP contribution in [0, 0.1) is 24.2 Å². The third-order valence-corrected chi connectivity index (χ3v) is 8.74. The summed E-state index contributed by atoms with van der Waals surface area (Å²) < 4.78 is 0.234. The van der Waals surface area contributed by atoms with Gasteiger partial charge in [-0.1, -0.05) is 40.2 Å². The van der Waals surface area contributed by atoms with E-state index in [0.29, 0.717) is 5.91 Å².